The van der Waals surface area contributed by atoms with Gasteiger partial charge < -0.3 is 11.1 Å². The lowest BCUT2D eigenvalue weighted by Gasteiger charge is -2.15. The van der Waals surface area contributed by atoms with E-state index in [1.165, 1.54) is 16.7 Å². The second-order valence-corrected chi connectivity index (χ2v) is 6.30. The smallest absolute Gasteiger partial charge is 0.262 e. The van der Waals surface area contributed by atoms with E-state index in [0.717, 1.165) is 6.07 Å². The number of hydrogen-bond acceptors (Lipinski definition) is 3. The molecular weight excluding hydrogens is 354 g/mol. The first kappa shape index (κ1) is 18.7. The number of benzene rings is 2. The van der Waals surface area contributed by atoms with Crippen molar-refractivity contribution < 1.29 is 18.9 Å². The lowest BCUT2D eigenvalue weighted by Crippen LogP contribution is -2.83. The minimum atomic E-state index is -0.659. The lowest BCUT2D eigenvalue weighted by atomic mass is 10.1. The van der Waals surface area contributed by atoms with Gasteiger partial charge in [0.2, 0.25) is 5.91 Å². The number of quaternary nitrogens is 1. The Hall–Kier alpha value is -3.13. The molecule has 1 heterocycles. The Kier molecular flexibility index (Phi) is 5.27. The summed E-state index contributed by atoms with van der Waals surface area (Å²) in [6.45, 7) is 1.68. The SMILES string of the molecule is C[C@H]([NH2+]Cc1nc2ccccc2c(=O)n1CC(N)=O)c1ccc(F)cc1F. The molecule has 0 aliphatic carbocycles. The molecule has 0 bridgehead atoms. The van der Waals surface area contributed by atoms with Crippen molar-refractivity contribution in [2.75, 3.05) is 0 Å². The van der Waals surface area contributed by atoms with Gasteiger partial charge in [0, 0.05) is 11.6 Å². The van der Waals surface area contributed by atoms with Crippen LogP contribution >= 0.6 is 0 Å². The van der Waals surface area contributed by atoms with Crippen molar-refractivity contribution >= 4 is 16.8 Å². The monoisotopic (exact) mass is 373 g/mol. The number of carbonyl (C=O) groups is 1. The molecule has 0 aliphatic heterocycles. The van der Waals surface area contributed by atoms with E-state index in [0.29, 0.717) is 22.3 Å². The molecule has 27 heavy (non-hydrogen) atoms. The fourth-order valence-corrected chi connectivity index (χ4v) is 2.97. The Morgan fingerprint density at radius 1 is 1.26 bits per heavy atom. The van der Waals surface area contributed by atoms with Crippen LogP contribution in [0.25, 0.3) is 10.9 Å². The van der Waals surface area contributed by atoms with Crippen LogP contribution < -0.4 is 16.6 Å². The van der Waals surface area contributed by atoms with Crippen molar-refractivity contribution in [2.45, 2.75) is 26.1 Å². The fourth-order valence-electron chi connectivity index (χ4n) is 2.97. The summed E-state index contributed by atoms with van der Waals surface area (Å²) in [5, 5.41) is 2.14. The number of nitrogens with two attached hydrogens (primary N) is 2. The molecule has 140 valence electrons. The highest BCUT2D eigenvalue weighted by Gasteiger charge is 2.18. The third-order valence-electron chi connectivity index (χ3n) is 4.36. The number of carbonyl (C=O) groups excluding carboxylic acids is 1. The van der Waals surface area contributed by atoms with Crippen LogP contribution in [0.3, 0.4) is 0 Å². The van der Waals surface area contributed by atoms with Crippen LogP contribution in [0.2, 0.25) is 0 Å². The van der Waals surface area contributed by atoms with Gasteiger partial charge in [-0.15, -0.1) is 0 Å². The number of rotatable bonds is 6. The predicted molar refractivity (Wildman–Crippen MR) is 95.6 cm³/mol. The molecule has 3 rings (SSSR count). The van der Waals surface area contributed by atoms with Gasteiger partial charge >= 0.3 is 0 Å². The zero-order chi connectivity index (χ0) is 19.6. The second-order valence-electron chi connectivity index (χ2n) is 6.30. The maximum Gasteiger partial charge on any atom is 0.262 e. The number of nitrogens with zero attached hydrogens (tertiary/aromatic N) is 2. The summed E-state index contributed by atoms with van der Waals surface area (Å²) in [7, 11) is 0. The van der Waals surface area contributed by atoms with E-state index in [9.17, 15) is 18.4 Å². The van der Waals surface area contributed by atoms with E-state index in [1.807, 2.05) is 0 Å². The van der Waals surface area contributed by atoms with E-state index >= 15 is 0 Å². The highest BCUT2D eigenvalue weighted by Crippen LogP contribution is 2.15. The zero-order valence-electron chi connectivity index (χ0n) is 14.7. The third-order valence-corrected chi connectivity index (χ3v) is 4.36. The van der Waals surface area contributed by atoms with Crippen molar-refractivity contribution in [1.82, 2.24) is 9.55 Å². The van der Waals surface area contributed by atoms with Gasteiger partial charge in [-0.25, -0.2) is 13.8 Å². The number of fused-ring (bicyclic) bond motifs is 1. The van der Waals surface area contributed by atoms with E-state index in [4.69, 9.17) is 5.73 Å². The van der Waals surface area contributed by atoms with Crippen LogP contribution in [0.5, 0.6) is 0 Å². The van der Waals surface area contributed by atoms with Gasteiger partial charge in [-0.3, -0.25) is 14.2 Å². The summed E-state index contributed by atoms with van der Waals surface area (Å²) in [6.07, 6.45) is 0. The van der Waals surface area contributed by atoms with Crippen LogP contribution in [0, 0.1) is 11.6 Å². The number of para-hydroxylation sites is 1. The van der Waals surface area contributed by atoms with E-state index < -0.39 is 17.5 Å². The van der Waals surface area contributed by atoms with Gasteiger partial charge in [-0.05, 0) is 31.2 Å². The lowest BCUT2D eigenvalue weighted by molar-refractivity contribution is -0.709. The van der Waals surface area contributed by atoms with Crippen molar-refractivity contribution in [2.24, 2.45) is 5.73 Å². The topological polar surface area (TPSA) is 94.6 Å². The first-order chi connectivity index (χ1) is 12.9. The molecule has 0 spiro atoms. The van der Waals surface area contributed by atoms with Gasteiger partial charge in [-0.1, -0.05) is 12.1 Å². The fraction of sp³-hybridized carbons (Fsp3) is 0.211. The first-order valence-electron chi connectivity index (χ1n) is 8.42. The number of hydrogen-bond donors (Lipinski definition) is 2. The average Bonchev–Trinajstić information content (AvgIpc) is 2.62. The quantitative estimate of drug-likeness (QED) is 0.674. The minimum absolute atomic E-state index is 0.214. The van der Waals surface area contributed by atoms with Gasteiger partial charge in [0.25, 0.3) is 5.56 Å². The van der Waals surface area contributed by atoms with E-state index in [-0.39, 0.29) is 24.7 Å². The molecule has 1 amide bonds. The minimum Gasteiger partial charge on any atom is -0.368 e. The van der Waals surface area contributed by atoms with E-state index in [1.54, 1.807) is 36.5 Å². The molecule has 8 heteroatoms. The van der Waals surface area contributed by atoms with Crippen molar-refractivity contribution in [1.29, 1.82) is 0 Å². The summed E-state index contributed by atoms with van der Waals surface area (Å²) in [4.78, 5) is 28.5. The Bertz CT molecular complexity index is 1070. The summed E-state index contributed by atoms with van der Waals surface area (Å²) in [6, 6.07) is 9.87. The number of primary amides is 1. The highest BCUT2D eigenvalue weighted by atomic mass is 19.1. The Morgan fingerprint density at radius 3 is 2.70 bits per heavy atom. The van der Waals surface area contributed by atoms with Gasteiger partial charge in [0.05, 0.1) is 10.9 Å². The van der Waals surface area contributed by atoms with Crippen LogP contribution in [0.4, 0.5) is 8.78 Å². The summed E-state index contributed by atoms with van der Waals surface area (Å²) >= 11 is 0. The average molecular weight is 373 g/mol. The molecule has 0 saturated heterocycles. The molecule has 0 radical (unpaired) electrons. The Labute approximate surface area is 153 Å². The van der Waals surface area contributed by atoms with Crippen LogP contribution in [-0.2, 0) is 17.9 Å². The Balaban J connectivity index is 1.93. The first-order valence-corrected chi connectivity index (χ1v) is 8.42. The molecule has 0 unspecified atom stereocenters. The summed E-state index contributed by atoms with van der Waals surface area (Å²) in [5.74, 6) is -1.59. The zero-order valence-corrected chi connectivity index (χ0v) is 14.7. The maximum atomic E-state index is 14.0. The van der Waals surface area contributed by atoms with Crippen LogP contribution in [-0.4, -0.2) is 15.5 Å². The molecule has 0 aliphatic rings. The number of amides is 1. The number of aromatic nitrogens is 2. The van der Waals surface area contributed by atoms with Gasteiger partial charge in [0.15, 0.2) is 5.82 Å². The summed E-state index contributed by atoms with van der Waals surface area (Å²) in [5.41, 5.74) is 5.75. The standard InChI is InChI=1S/C19H18F2N4O2/c1-11(13-7-6-12(20)8-15(13)21)23-9-18-24-16-5-3-2-4-14(16)19(27)25(18)10-17(22)26/h2-8,11,23H,9-10H2,1H3,(H2,22,26)/p+1/t11-/m0/s1. The normalized spacial score (nSPS) is 12.3. The highest BCUT2D eigenvalue weighted by molar-refractivity contribution is 5.78. The van der Waals surface area contributed by atoms with Crippen LogP contribution in [0.15, 0.2) is 47.3 Å². The second kappa shape index (κ2) is 7.63. The molecular formula is C19H19F2N4O2+. The van der Waals surface area contributed by atoms with Crippen molar-refractivity contribution in [3.8, 4) is 0 Å². The number of halogens is 2. The van der Waals surface area contributed by atoms with Crippen molar-refractivity contribution in [3.63, 3.8) is 0 Å². The molecule has 0 fully saturated rings. The molecule has 0 saturated carbocycles. The molecule has 2 aromatic carbocycles. The third kappa shape index (κ3) is 4.01. The van der Waals surface area contributed by atoms with Crippen LogP contribution in [0.1, 0.15) is 24.4 Å². The van der Waals surface area contributed by atoms with Crippen molar-refractivity contribution in [3.05, 3.63) is 75.8 Å². The predicted octanol–water partition coefficient (Wildman–Crippen LogP) is 0.985. The molecule has 1 aromatic heterocycles. The summed E-state index contributed by atoms with van der Waals surface area (Å²) < 4.78 is 28.3. The largest absolute Gasteiger partial charge is 0.368 e. The molecule has 4 N–H and O–H groups in total. The van der Waals surface area contributed by atoms with Gasteiger partial charge in [0.1, 0.15) is 30.8 Å². The molecule has 3 aromatic rings. The molecule has 6 nitrogen and oxygen atoms in total. The van der Waals surface area contributed by atoms with Gasteiger partial charge in [-0.2, -0.15) is 0 Å². The van der Waals surface area contributed by atoms with E-state index in [2.05, 4.69) is 4.98 Å². The maximum absolute atomic E-state index is 14.0. The molecule has 1 atom stereocenters. The Morgan fingerprint density at radius 2 is 2.00 bits per heavy atom.